The molecule has 3 amide bonds. The number of carbonyl (C=O) groups is 3. The molecule has 0 spiro atoms. The van der Waals surface area contributed by atoms with Crippen LogP contribution in [0.5, 0.6) is 0 Å². The van der Waals surface area contributed by atoms with Gasteiger partial charge >= 0.3 is 18.4 Å². The molecule has 0 aromatic carbocycles. The number of nitrogens with one attached hydrogen (secondary N) is 3. The number of pyridine rings is 2. The number of amides is 3. The van der Waals surface area contributed by atoms with Gasteiger partial charge in [0.05, 0.1) is 35.6 Å². The summed E-state index contributed by atoms with van der Waals surface area (Å²) < 4.78 is 58.4. The summed E-state index contributed by atoms with van der Waals surface area (Å²) in [5.74, 6) is -2.86. The Kier molecular flexibility index (Phi) is 10.5. The van der Waals surface area contributed by atoms with Crippen molar-refractivity contribution in [2.75, 3.05) is 48.8 Å². The normalized spacial score (nSPS) is 19.4. The highest BCUT2D eigenvalue weighted by atomic mass is 19.4. The number of carbonyl (C=O) groups excluding carboxylic acids is 2. The van der Waals surface area contributed by atoms with Crippen molar-refractivity contribution in [1.82, 2.24) is 20.2 Å². The summed E-state index contributed by atoms with van der Waals surface area (Å²) in [5, 5.41) is 16.5. The summed E-state index contributed by atoms with van der Waals surface area (Å²) in [6.45, 7) is 6.69. The minimum Gasteiger partial charge on any atom is -0.465 e. The van der Waals surface area contributed by atoms with E-state index in [1.165, 1.54) is 23.4 Å². The second kappa shape index (κ2) is 14.5. The molecule has 0 saturated carbocycles. The van der Waals surface area contributed by atoms with Crippen LogP contribution in [0.1, 0.15) is 56.0 Å². The summed E-state index contributed by atoms with van der Waals surface area (Å²) >= 11 is 0. The maximum Gasteiger partial charge on any atom is 0.414 e. The van der Waals surface area contributed by atoms with Crippen molar-refractivity contribution in [2.24, 2.45) is 5.92 Å². The fourth-order valence-corrected chi connectivity index (χ4v) is 6.12. The lowest BCUT2D eigenvalue weighted by molar-refractivity contribution is -0.177. The van der Waals surface area contributed by atoms with Crippen LogP contribution in [0.25, 0.3) is 11.1 Å². The third-order valence-electron chi connectivity index (χ3n) is 8.33. The third kappa shape index (κ3) is 9.08. The molecule has 49 heavy (non-hydrogen) atoms. The molecule has 14 nitrogen and oxygen atoms in total. The molecule has 2 atom stereocenters. The van der Waals surface area contributed by atoms with E-state index >= 15 is 0 Å². The van der Waals surface area contributed by atoms with Gasteiger partial charge in [0.2, 0.25) is 5.88 Å². The number of rotatable bonds is 8. The molecule has 2 fully saturated rings. The van der Waals surface area contributed by atoms with E-state index in [0.717, 1.165) is 31.5 Å². The number of halogens is 3. The lowest BCUT2D eigenvalue weighted by Crippen LogP contribution is -2.53. The molecular weight excluding hydrogens is 651 g/mol. The molecule has 17 heteroatoms. The summed E-state index contributed by atoms with van der Waals surface area (Å²) in [7, 11) is 1.70. The summed E-state index contributed by atoms with van der Waals surface area (Å²) in [4.78, 5) is 50.2. The Morgan fingerprint density at radius 1 is 1.10 bits per heavy atom. The topological polar surface area (TPSA) is 171 Å². The molecule has 5 heterocycles. The van der Waals surface area contributed by atoms with Crippen molar-refractivity contribution in [3.05, 3.63) is 41.9 Å². The predicted molar refractivity (Wildman–Crippen MR) is 173 cm³/mol. The standard InChI is InChI=1S/C32H40F3N7O7/c1-31(2,3)49-30(46)40-28-25(26-24(48-28)11-18(13-37-26)15-41-9-6-21(47-4)7-10-41)27(43)39-22-14-36-8-5-23(22)42-16-19(32(33,34)35)12-20(17-42)38-29(44)45/h5,8,11,13-14,19-21,38H,6-7,9-10,12,15-17H2,1-4H3,(H,39,43)(H,40,46)(H,44,45)/t19-,20+/m1/s1. The van der Waals surface area contributed by atoms with E-state index in [4.69, 9.17) is 13.9 Å². The Labute approximate surface area is 280 Å². The van der Waals surface area contributed by atoms with Gasteiger partial charge in [0, 0.05) is 52.2 Å². The van der Waals surface area contributed by atoms with Crippen molar-refractivity contribution in [2.45, 2.75) is 70.5 Å². The smallest absolute Gasteiger partial charge is 0.414 e. The quantitative estimate of drug-likeness (QED) is 0.237. The number of likely N-dealkylation sites (tertiary alicyclic amines) is 1. The minimum absolute atomic E-state index is 0.0537. The number of furan rings is 1. The summed E-state index contributed by atoms with van der Waals surface area (Å²) in [6.07, 6.45) is -1.11. The van der Waals surface area contributed by atoms with E-state index in [0.29, 0.717) is 6.54 Å². The molecular formula is C32H40F3N7O7. The molecule has 3 aromatic heterocycles. The molecule has 2 saturated heterocycles. The van der Waals surface area contributed by atoms with Crippen molar-refractivity contribution < 1.29 is 46.6 Å². The van der Waals surface area contributed by atoms with E-state index in [1.807, 2.05) is 0 Å². The number of anilines is 3. The lowest BCUT2D eigenvalue weighted by atomic mass is 9.93. The van der Waals surface area contributed by atoms with Gasteiger partial charge in [-0.2, -0.15) is 13.2 Å². The molecule has 266 valence electrons. The number of carboxylic acid groups (broad SMARTS) is 1. The molecule has 4 N–H and O–H groups in total. The predicted octanol–water partition coefficient (Wildman–Crippen LogP) is 5.46. The Balaban J connectivity index is 1.45. The molecule has 2 aliphatic rings. The first-order valence-electron chi connectivity index (χ1n) is 15.8. The average molecular weight is 692 g/mol. The Morgan fingerprint density at radius 2 is 1.84 bits per heavy atom. The Hall–Kier alpha value is -4.64. The fourth-order valence-electron chi connectivity index (χ4n) is 6.12. The van der Waals surface area contributed by atoms with E-state index in [-0.39, 0.29) is 46.6 Å². The number of aromatic nitrogens is 2. The maximum absolute atomic E-state index is 14.0. The van der Waals surface area contributed by atoms with Crippen LogP contribution in [0.3, 0.4) is 0 Å². The van der Waals surface area contributed by atoms with E-state index in [2.05, 4.69) is 30.8 Å². The molecule has 0 bridgehead atoms. The number of hydrogen-bond acceptors (Lipinski definition) is 10. The number of ether oxygens (including phenoxy) is 2. The first kappa shape index (κ1) is 35.7. The number of fused-ring (bicyclic) bond motifs is 1. The van der Waals surface area contributed by atoms with E-state index in [9.17, 15) is 32.7 Å². The first-order valence-corrected chi connectivity index (χ1v) is 15.8. The third-order valence-corrected chi connectivity index (χ3v) is 8.33. The van der Waals surface area contributed by atoms with E-state index < -0.39 is 54.8 Å². The zero-order chi connectivity index (χ0) is 35.5. The number of hydrogen-bond donors (Lipinski definition) is 4. The van der Waals surface area contributed by atoms with Gasteiger partial charge in [-0.1, -0.05) is 0 Å². The number of nitrogens with zero attached hydrogens (tertiary/aromatic N) is 4. The van der Waals surface area contributed by atoms with Crippen LogP contribution in [0.4, 0.5) is 40.0 Å². The maximum atomic E-state index is 14.0. The van der Waals surface area contributed by atoms with Crippen molar-refractivity contribution >= 4 is 46.5 Å². The number of alkyl halides is 3. The summed E-state index contributed by atoms with van der Waals surface area (Å²) in [6, 6.07) is 2.14. The monoisotopic (exact) mass is 691 g/mol. The van der Waals surface area contributed by atoms with Gasteiger partial charge in [0.15, 0.2) is 5.58 Å². The van der Waals surface area contributed by atoms with Gasteiger partial charge < -0.3 is 34.5 Å². The lowest BCUT2D eigenvalue weighted by Gasteiger charge is -2.40. The van der Waals surface area contributed by atoms with Crippen molar-refractivity contribution in [1.29, 1.82) is 0 Å². The van der Waals surface area contributed by atoms with Crippen LogP contribution < -0.4 is 20.9 Å². The fraction of sp³-hybridized carbons (Fsp3) is 0.531. The van der Waals surface area contributed by atoms with Gasteiger partial charge in [-0.05, 0) is 57.7 Å². The second-order valence-electron chi connectivity index (χ2n) is 13.2. The molecule has 0 aliphatic carbocycles. The number of piperidine rings is 2. The van der Waals surface area contributed by atoms with Crippen molar-refractivity contribution in [3.63, 3.8) is 0 Å². The highest BCUT2D eigenvalue weighted by Crippen LogP contribution is 2.38. The Morgan fingerprint density at radius 3 is 2.49 bits per heavy atom. The first-order chi connectivity index (χ1) is 23.1. The van der Waals surface area contributed by atoms with Crippen LogP contribution in [0.15, 0.2) is 35.1 Å². The van der Waals surface area contributed by atoms with Crippen LogP contribution in [-0.4, -0.2) is 95.3 Å². The second-order valence-corrected chi connectivity index (χ2v) is 13.2. The highest BCUT2D eigenvalue weighted by Gasteiger charge is 2.45. The van der Waals surface area contributed by atoms with Crippen LogP contribution in [0.2, 0.25) is 0 Å². The Bertz CT molecular complexity index is 1670. The van der Waals surface area contributed by atoms with Crippen LogP contribution >= 0.6 is 0 Å². The zero-order valence-electron chi connectivity index (χ0n) is 27.6. The molecule has 2 aliphatic heterocycles. The SMILES string of the molecule is COC1CCN(Cc2cnc3c(C(=O)Nc4cnccc4N4C[C@@H](NC(=O)O)C[C@@H](C(F)(F)F)C4)c(NC(=O)OC(C)(C)C)oc3c2)CC1. The molecule has 5 rings (SSSR count). The minimum atomic E-state index is -4.59. The largest absolute Gasteiger partial charge is 0.465 e. The number of methoxy groups -OCH3 is 1. The molecule has 0 unspecified atom stereocenters. The zero-order valence-corrected chi connectivity index (χ0v) is 27.6. The highest BCUT2D eigenvalue weighted by molar-refractivity contribution is 6.16. The van der Waals surface area contributed by atoms with Gasteiger partial charge in [-0.3, -0.25) is 25.0 Å². The van der Waals surface area contributed by atoms with Gasteiger partial charge in [0.25, 0.3) is 5.91 Å². The van der Waals surface area contributed by atoms with Gasteiger partial charge in [-0.15, -0.1) is 0 Å². The van der Waals surface area contributed by atoms with Crippen LogP contribution in [-0.2, 0) is 16.0 Å². The molecule has 3 aromatic rings. The van der Waals surface area contributed by atoms with Gasteiger partial charge in [0.1, 0.15) is 16.7 Å². The molecule has 0 radical (unpaired) electrons. The summed E-state index contributed by atoms with van der Waals surface area (Å²) in [5.41, 5.74) is 0.419. The van der Waals surface area contributed by atoms with Gasteiger partial charge in [-0.25, -0.2) is 9.59 Å². The van der Waals surface area contributed by atoms with Crippen LogP contribution in [0, 0.1) is 5.92 Å². The van der Waals surface area contributed by atoms with E-state index in [1.54, 1.807) is 40.1 Å². The average Bonchev–Trinajstić information content (AvgIpc) is 3.36. The van der Waals surface area contributed by atoms with Crippen molar-refractivity contribution in [3.8, 4) is 0 Å².